The molecule has 1 N–H and O–H groups in total. The molecule has 3 rings (SSSR count). The molecule has 0 radical (unpaired) electrons. The molecule has 0 saturated heterocycles. The molecule has 9 heteroatoms. The summed E-state index contributed by atoms with van der Waals surface area (Å²) in [6, 6.07) is 3.74. The Kier molecular flexibility index (Phi) is 3.80. The van der Waals surface area contributed by atoms with Gasteiger partial charge in [0.15, 0.2) is 5.13 Å². The molecule has 0 unspecified atom stereocenters. The number of hydrogen-bond donors (Lipinski definition) is 1. The van der Waals surface area contributed by atoms with Gasteiger partial charge in [0.25, 0.3) is 0 Å². The summed E-state index contributed by atoms with van der Waals surface area (Å²) < 4.78 is 39.3. The number of halogens is 3. The van der Waals surface area contributed by atoms with E-state index in [2.05, 4.69) is 15.3 Å². The minimum atomic E-state index is -4.46. The van der Waals surface area contributed by atoms with Crippen molar-refractivity contribution in [2.75, 3.05) is 5.32 Å². The van der Waals surface area contributed by atoms with E-state index in [1.807, 2.05) is 19.1 Å². The molecule has 23 heavy (non-hydrogen) atoms. The van der Waals surface area contributed by atoms with Crippen molar-refractivity contribution < 1.29 is 18.0 Å². The van der Waals surface area contributed by atoms with Crippen LogP contribution in [0.5, 0.6) is 0 Å². The van der Waals surface area contributed by atoms with Crippen LogP contribution in [0.15, 0.2) is 30.7 Å². The summed E-state index contributed by atoms with van der Waals surface area (Å²) in [7, 11) is 0. The van der Waals surface area contributed by atoms with Gasteiger partial charge < -0.3 is 9.72 Å². The van der Waals surface area contributed by atoms with Crippen LogP contribution >= 0.6 is 11.3 Å². The van der Waals surface area contributed by atoms with Gasteiger partial charge in [-0.1, -0.05) is 17.4 Å². The predicted octanol–water partition coefficient (Wildman–Crippen LogP) is 3.30. The first-order valence-electron chi connectivity index (χ1n) is 6.59. The number of amides is 1. The summed E-state index contributed by atoms with van der Waals surface area (Å²) >= 11 is 0.396. The van der Waals surface area contributed by atoms with Crippen LogP contribution < -0.4 is 5.32 Å². The number of alkyl halides is 3. The molecule has 120 valence electrons. The van der Waals surface area contributed by atoms with Crippen molar-refractivity contribution >= 4 is 28.0 Å². The lowest BCUT2D eigenvalue weighted by Gasteiger charge is -2.03. The fourth-order valence-electron chi connectivity index (χ4n) is 2.12. The van der Waals surface area contributed by atoms with Gasteiger partial charge in [-0.3, -0.25) is 4.79 Å². The normalized spacial score (nSPS) is 11.8. The summed E-state index contributed by atoms with van der Waals surface area (Å²) in [6.45, 7) is 1.90. The lowest BCUT2D eigenvalue weighted by atomic mass is 10.3. The largest absolute Gasteiger partial charge is 0.427 e. The van der Waals surface area contributed by atoms with E-state index in [1.165, 1.54) is 0 Å². The predicted molar refractivity (Wildman–Crippen MR) is 79.4 cm³/mol. The smallest absolute Gasteiger partial charge is 0.303 e. The molecule has 0 spiro atoms. The molecule has 0 fully saturated rings. The minimum Gasteiger partial charge on any atom is -0.303 e. The highest BCUT2D eigenvalue weighted by molar-refractivity contribution is 7.15. The van der Waals surface area contributed by atoms with Gasteiger partial charge in [-0.25, -0.2) is 9.97 Å². The molecule has 0 aliphatic carbocycles. The van der Waals surface area contributed by atoms with E-state index in [9.17, 15) is 18.0 Å². The van der Waals surface area contributed by atoms with Crippen LogP contribution in [0.3, 0.4) is 0 Å². The number of nitrogens with one attached hydrogen (secondary N) is 1. The number of carbonyl (C=O) groups excluding carboxylic acids is 1. The van der Waals surface area contributed by atoms with Crippen molar-refractivity contribution in [2.45, 2.75) is 19.5 Å². The second-order valence-electron chi connectivity index (χ2n) is 4.89. The Morgan fingerprint density at radius 2 is 2.13 bits per heavy atom. The van der Waals surface area contributed by atoms with Crippen LogP contribution in [0.4, 0.5) is 18.3 Å². The first-order chi connectivity index (χ1) is 10.8. The number of aromatic nitrogens is 3. The lowest BCUT2D eigenvalue weighted by Crippen LogP contribution is -2.15. The first kappa shape index (κ1) is 15.5. The summed E-state index contributed by atoms with van der Waals surface area (Å²) in [5, 5.41) is 2.30. The van der Waals surface area contributed by atoms with E-state index in [1.54, 1.807) is 16.8 Å². The number of imidazole rings is 1. The Morgan fingerprint density at radius 3 is 2.83 bits per heavy atom. The molecule has 0 bridgehead atoms. The monoisotopic (exact) mass is 340 g/mol. The molecular weight excluding hydrogens is 329 g/mol. The van der Waals surface area contributed by atoms with E-state index in [0.717, 1.165) is 11.2 Å². The lowest BCUT2D eigenvalue weighted by molar-refractivity contribution is -0.134. The molecule has 1 amide bonds. The maximum absolute atomic E-state index is 12.5. The van der Waals surface area contributed by atoms with Gasteiger partial charge in [-0.15, -0.1) is 0 Å². The van der Waals surface area contributed by atoms with Gasteiger partial charge in [0.1, 0.15) is 10.5 Å². The Labute approximate surface area is 132 Å². The minimum absolute atomic E-state index is 0.00838. The second-order valence-corrected chi connectivity index (χ2v) is 5.92. The Morgan fingerprint density at radius 1 is 1.35 bits per heavy atom. The second kappa shape index (κ2) is 5.65. The fourth-order valence-corrected chi connectivity index (χ4v) is 2.82. The molecule has 0 aliphatic heterocycles. The maximum Gasteiger partial charge on any atom is 0.427 e. The Bertz CT molecular complexity index is 868. The summed E-state index contributed by atoms with van der Waals surface area (Å²) in [5.41, 5.74) is 2.35. The molecule has 3 aromatic heterocycles. The van der Waals surface area contributed by atoms with Gasteiger partial charge >= 0.3 is 6.18 Å². The van der Waals surface area contributed by atoms with Crippen molar-refractivity contribution in [3.8, 4) is 0 Å². The third kappa shape index (κ3) is 3.19. The number of pyridine rings is 1. The highest BCUT2D eigenvalue weighted by Gasteiger charge is 2.33. The molecule has 3 heterocycles. The quantitative estimate of drug-likeness (QED) is 0.796. The third-order valence-corrected chi connectivity index (χ3v) is 4.14. The van der Waals surface area contributed by atoms with Crippen LogP contribution in [-0.4, -0.2) is 20.3 Å². The number of rotatable bonds is 3. The zero-order valence-electron chi connectivity index (χ0n) is 11.9. The first-order valence-corrected chi connectivity index (χ1v) is 7.40. The highest BCUT2D eigenvalue weighted by Crippen LogP contribution is 2.35. The zero-order chi connectivity index (χ0) is 16.6. The van der Waals surface area contributed by atoms with Gasteiger partial charge in [0, 0.05) is 12.4 Å². The topological polar surface area (TPSA) is 59.3 Å². The van der Waals surface area contributed by atoms with Gasteiger partial charge in [0.05, 0.1) is 18.3 Å². The number of carbonyl (C=O) groups is 1. The maximum atomic E-state index is 12.5. The van der Waals surface area contributed by atoms with Crippen LogP contribution in [0, 0.1) is 6.92 Å². The van der Waals surface area contributed by atoms with Crippen LogP contribution in [-0.2, 0) is 17.4 Å². The van der Waals surface area contributed by atoms with E-state index >= 15 is 0 Å². The van der Waals surface area contributed by atoms with Gasteiger partial charge in [-0.2, -0.15) is 13.2 Å². The Hall–Kier alpha value is -2.42. The van der Waals surface area contributed by atoms with Gasteiger partial charge in [-0.05, 0) is 18.6 Å². The van der Waals surface area contributed by atoms with Crippen molar-refractivity contribution in [1.29, 1.82) is 0 Å². The average molecular weight is 340 g/mol. The SMILES string of the molecule is Cc1cccn2c(CC(=O)Nc3ncc(C(F)(F)F)s3)cnc12. The molecule has 0 atom stereocenters. The van der Waals surface area contributed by atoms with E-state index in [4.69, 9.17) is 0 Å². The van der Waals surface area contributed by atoms with Crippen LogP contribution in [0.2, 0.25) is 0 Å². The van der Waals surface area contributed by atoms with Crippen molar-refractivity contribution in [2.24, 2.45) is 0 Å². The summed E-state index contributed by atoms with van der Waals surface area (Å²) in [5.74, 6) is -0.448. The van der Waals surface area contributed by atoms with E-state index in [0.29, 0.717) is 23.2 Å². The third-order valence-electron chi connectivity index (χ3n) is 3.18. The van der Waals surface area contributed by atoms with Crippen LogP contribution in [0.1, 0.15) is 16.1 Å². The van der Waals surface area contributed by atoms with E-state index in [-0.39, 0.29) is 11.6 Å². The molecular formula is C14H11F3N4OS. The fraction of sp³-hybridized carbons (Fsp3) is 0.214. The number of aryl methyl sites for hydroxylation is 1. The summed E-state index contributed by atoms with van der Waals surface area (Å²) in [4.78, 5) is 19.0. The van der Waals surface area contributed by atoms with Crippen molar-refractivity contribution in [1.82, 2.24) is 14.4 Å². The average Bonchev–Trinajstić information content (AvgIpc) is 3.07. The summed E-state index contributed by atoms with van der Waals surface area (Å²) in [6.07, 6.45) is -0.406. The zero-order valence-corrected chi connectivity index (χ0v) is 12.7. The standard InChI is InChI=1S/C14H11F3N4OS/c1-8-3-2-4-21-9(6-18-12(8)21)5-11(22)20-13-19-7-10(23-13)14(15,16)17/h2-4,6-7H,5H2,1H3,(H,19,20,22). The van der Waals surface area contributed by atoms with Crippen molar-refractivity contribution in [3.63, 3.8) is 0 Å². The van der Waals surface area contributed by atoms with E-state index < -0.39 is 17.0 Å². The number of fused-ring (bicyclic) bond motifs is 1. The highest BCUT2D eigenvalue weighted by atomic mass is 32.1. The number of hydrogen-bond acceptors (Lipinski definition) is 4. The molecule has 0 aromatic carbocycles. The molecule has 0 aliphatic rings. The molecule has 5 nitrogen and oxygen atoms in total. The molecule has 0 saturated carbocycles. The van der Waals surface area contributed by atoms with Crippen molar-refractivity contribution in [3.05, 3.63) is 46.9 Å². The van der Waals surface area contributed by atoms with Gasteiger partial charge in [0.2, 0.25) is 5.91 Å². The number of nitrogens with zero attached hydrogens (tertiary/aromatic N) is 3. The number of thiazole rings is 1. The molecule has 3 aromatic rings. The Balaban J connectivity index is 1.74. The number of anilines is 1. The van der Waals surface area contributed by atoms with Crippen LogP contribution in [0.25, 0.3) is 5.65 Å².